The van der Waals surface area contributed by atoms with E-state index >= 15 is 8.78 Å². The first-order valence-electron chi connectivity index (χ1n) is 14.0. The average molecular weight is 583 g/mol. The number of benzene rings is 1. The third-order valence-corrected chi connectivity index (χ3v) is 7.96. The molecule has 2 fully saturated rings. The number of carbonyl (C=O) groups excluding carboxylic acids is 1. The van der Waals surface area contributed by atoms with Gasteiger partial charge in [0.15, 0.2) is 34.7 Å². The van der Waals surface area contributed by atoms with Crippen LogP contribution in [0, 0.1) is 17.6 Å². The van der Waals surface area contributed by atoms with Gasteiger partial charge in [-0.25, -0.2) is 23.7 Å². The van der Waals surface area contributed by atoms with Crippen molar-refractivity contribution in [2.24, 2.45) is 5.92 Å². The summed E-state index contributed by atoms with van der Waals surface area (Å²) >= 11 is 0. The second-order valence-corrected chi connectivity index (χ2v) is 10.7. The van der Waals surface area contributed by atoms with Crippen LogP contribution in [-0.4, -0.2) is 85.3 Å². The van der Waals surface area contributed by atoms with Crippen molar-refractivity contribution in [3.63, 3.8) is 0 Å². The molecule has 2 aromatic heterocycles. The van der Waals surface area contributed by atoms with Crippen molar-refractivity contribution in [3.8, 4) is 22.8 Å². The fraction of sp³-hybridized carbons (Fsp3) is 0.467. The number of allylic oxidation sites excluding steroid dienone is 1. The summed E-state index contributed by atoms with van der Waals surface area (Å²) in [5, 5.41) is 7.36. The van der Waals surface area contributed by atoms with Crippen LogP contribution in [0.3, 0.4) is 0 Å². The first kappa shape index (κ1) is 29.6. The molecular formula is C30H36F2N6O4. The Morgan fingerprint density at radius 2 is 1.83 bits per heavy atom. The molecule has 12 heteroatoms. The molecule has 10 nitrogen and oxygen atoms in total. The van der Waals surface area contributed by atoms with Crippen LogP contribution in [0.5, 0.6) is 11.5 Å². The fourth-order valence-electron chi connectivity index (χ4n) is 5.49. The van der Waals surface area contributed by atoms with Gasteiger partial charge in [0.05, 0.1) is 38.1 Å². The number of rotatable bonds is 10. The van der Waals surface area contributed by atoms with E-state index in [1.165, 1.54) is 26.4 Å². The Bertz CT molecular complexity index is 1440. The largest absolute Gasteiger partial charge is 0.494 e. The number of ether oxygens (including phenoxy) is 3. The number of nitrogens with zero attached hydrogens (tertiary/aromatic N) is 4. The monoisotopic (exact) mass is 582 g/mol. The van der Waals surface area contributed by atoms with Crippen LogP contribution in [0.15, 0.2) is 31.0 Å². The maximum atomic E-state index is 15.5. The third-order valence-electron chi connectivity index (χ3n) is 7.96. The van der Waals surface area contributed by atoms with Crippen molar-refractivity contribution in [1.82, 2.24) is 19.9 Å². The highest BCUT2D eigenvalue weighted by Gasteiger charge is 2.29. The lowest BCUT2D eigenvalue weighted by atomic mass is 9.90. The Hall–Kier alpha value is -3.90. The highest BCUT2D eigenvalue weighted by molar-refractivity contribution is 5.92. The molecule has 3 aromatic rings. The Labute approximate surface area is 243 Å². The molecule has 2 saturated heterocycles. The summed E-state index contributed by atoms with van der Waals surface area (Å²) in [5.74, 6) is -1.35. The molecule has 0 amide bonds. The lowest BCUT2D eigenvalue weighted by Crippen LogP contribution is -2.40. The number of carbonyl (C=O) groups is 1. The molecule has 0 aliphatic carbocycles. The standard InChI is InChI=1S/C30H36F2N6O4/c1-5-20(39)12-17-8-11-42-16-22(17)36-30-33-15-18-13-21(25-26(31)23(40-3)14-24(41-4)27(25)32)35-29(28(18)37-30)34-19-6-9-38(2)10-7-19/h5,13-15,17,19,22H,1,6-12,16H2,2-4H3,(H,34,35)(H,33,36,37)/t17-,22-/m1/s1. The van der Waals surface area contributed by atoms with Gasteiger partial charge in [0, 0.05) is 36.7 Å². The lowest BCUT2D eigenvalue weighted by Gasteiger charge is -2.32. The zero-order valence-electron chi connectivity index (χ0n) is 24.1. The molecule has 0 saturated carbocycles. The molecule has 2 atom stereocenters. The summed E-state index contributed by atoms with van der Waals surface area (Å²) in [4.78, 5) is 28.3. The van der Waals surface area contributed by atoms with Crippen LogP contribution >= 0.6 is 0 Å². The quantitative estimate of drug-likeness (QED) is 0.333. The zero-order chi connectivity index (χ0) is 29.8. The number of ketones is 1. The van der Waals surface area contributed by atoms with Crippen LogP contribution < -0.4 is 20.1 Å². The topological polar surface area (TPSA) is 111 Å². The Kier molecular flexibility index (Phi) is 9.12. The van der Waals surface area contributed by atoms with Gasteiger partial charge >= 0.3 is 0 Å². The molecule has 5 rings (SSSR count). The second kappa shape index (κ2) is 13.0. The molecule has 42 heavy (non-hydrogen) atoms. The fourth-order valence-corrected chi connectivity index (χ4v) is 5.49. The van der Waals surface area contributed by atoms with Crippen molar-refractivity contribution < 1.29 is 27.8 Å². The van der Waals surface area contributed by atoms with Gasteiger partial charge in [0.25, 0.3) is 0 Å². The van der Waals surface area contributed by atoms with Gasteiger partial charge in [-0.15, -0.1) is 0 Å². The summed E-state index contributed by atoms with van der Waals surface area (Å²) in [6, 6.07) is 2.63. The molecule has 4 heterocycles. The first-order valence-corrected chi connectivity index (χ1v) is 14.0. The van der Waals surface area contributed by atoms with Crippen molar-refractivity contribution >= 4 is 28.5 Å². The number of nitrogens with one attached hydrogen (secondary N) is 2. The third kappa shape index (κ3) is 6.29. The minimum atomic E-state index is -0.885. The van der Waals surface area contributed by atoms with E-state index in [1.807, 2.05) is 0 Å². The molecule has 0 spiro atoms. The van der Waals surface area contributed by atoms with E-state index in [0.717, 1.165) is 32.4 Å². The van der Waals surface area contributed by atoms with Gasteiger partial charge in [-0.2, -0.15) is 0 Å². The molecule has 0 radical (unpaired) electrons. The highest BCUT2D eigenvalue weighted by atomic mass is 19.1. The number of methoxy groups -OCH3 is 2. The number of piperidine rings is 1. The molecule has 2 aliphatic heterocycles. The summed E-state index contributed by atoms with van der Waals surface area (Å²) in [7, 11) is 4.68. The van der Waals surface area contributed by atoms with E-state index in [0.29, 0.717) is 42.3 Å². The number of pyridine rings is 1. The zero-order valence-corrected chi connectivity index (χ0v) is 24.1. The van der Waals surface area contributed by atoms with Crippen molar-refractivity contribution in [2.45, 2.75) is 37.8 Å². The number of aromatic nitrogens is 3. The predicted molar refractivity (Wildman–Crippen MR) is 156 cm³/mol. The summed E-state index contributed by atoms with van der Waals surface area (Å²) < 4.78 is 46.9. The molecular weight excluding hydrogens is 546 g/mol. The Morgan fingerprint density at radius 1 is 1.12 bits per heavy atom. The maximum absolute atomic E-state index is 15.5. The van der Waals surface area contributed by atoms with Crippen LogP contribution in [0.2, 0.25) is 0 Å². The summed E-state index contributed by atoms with van der Waals surface area (Å²) in [5.41, 5.74) is 0.190. The van der Waals surface area contributed by atoms with E-state index in [2.05, 4.69) is 34.1 Å². The second-order valence-electron chi connectivity index (χ2n) is 10.7. The number of anilines is 2. The average Bonchev–Trinajstić information content (AvgIpc) is 2.99. The molecule has 2 N–H and O–H groups in total. The molecule has 0 unspecified atom stereocenters. The normalized spacial score (nSPS) is 19.8. The Balaban J connectivity index is 1.56. The predicted octanol–water partition coefficient (Wildman–Crippen LogP) is 4.46. The van der Waals surface area contributed by atoms with E-state index in [4.69, 9.17) is 24.2 Å². The SMILES string of the molecule is C=CC(=O)C[C@H]1CCOC[C@H]1Nc1ncc2cc(-c3c(F)c(OC)cc(OC)c3F)nc(NC3CCN(C)CC3)c2n1. The van der Waals surface area contributed by atoms with Crippen molar-refractivity contribution in [3.05, 3.63) is 42.6 Å². The lowest BCUT2D eigenvalue weighted by molar-refractivity contribution is -0.116. The maximum Gasteiger partial charge on any atom is 0.223 e. The van der Waals surface area contributed by atoms with Crippen LogP contribution in [0.25, 0.3) is 22.2 Å². The van der Waals surface area contributed by atoms with Crippen molar-refractivity contribution in [2.75, 3.05) is 58.2 Å². The number of likely N-dealkylation sites (tertiary alicyclic amines) is 1. The molecule has 224 valence electrons. The highest BCUT2D eigenvalue weighted by Crippen LogP contribution is 2.39. The minimum Gasteiger partial charge on any atom is -0.494 e. The van der Waals surface area contributed by atoms with Gasteiger partial charge < -0.3 is 29.7 Å². The van der Waals surface area contributed by atoms with Gasteiger partial charge in [-0.1, -0.05) is 6.58 Å². The van der Waals surface area contributed by atoms with E-state index < -0.39 is 11.6 Å². The van der Waals surface area contributed by atoms with Crippen LogP contribution in [0.1, 0.15) is 25.7 Å². The van der Waals surface area contributed by atoms with Crippen LogP contribution in [0.4, 0.5) is 20.5 Å². The molecule has 0 bridgehead atoms. The minimum absolute atomic E-state index is 0.0249. The number of fused-ring (bicyclic) bond motifs is 1. The van der Waals surface area contributed by atoms with Gasteiger partial charge in [-0.3, -0.25) is 4.79 Å². The van der Waals surface area contributed by atoms with E-state index in [-0.39, 0.29) is 46.5 Å². The smallest absolute Gasteiger partial charge is 0.223 e. The number of halogens is 2. The van der Waals surface area contributed by atoms with Crippen LogP contribution in [-0.2, 0) is 9.53 Å². The van der Waals surface area contributed by atoms with E-state index in [9.17, 15) is 4.79 Å². The molecule has 2 aliphatic rings. The summed E-state index contributed by atoms with van der Waals surface area (Å²) in [6.07, 6.45) is 5.75. The van der Waals surface area contributed by atoms with E-state index in [1.54, 1.807) is 12.3 Å². The number of hydrogen-bond acceptors (Lipinski definition) is 10. The van der Waals surface area contributed by atoms with Crippen molar-refractivity contribution in [1.29, 1.82) is 0 Å². The summed E-state index contributed by atoms with van der Waals surface area (Å²) in [6.45, 7) is 6.37. The van der Waals surface area contributed by atoms with Gasteiger partial charge in [0.1, 0.15) is 5.52 Å². The number of hydrogen-bond donors (Lipinski definition) is 2. The Morgan fingerprint density at radius 3 is 2.50 bits per heavy atom. The van der Waals surface area contributed by atoms with Gasteiger partial charge in [-0.05, 0) is 57.5 Å². The molecule has 1 aromatic carbocycles. The van der Waals surface area contributed by atoms with Gasteiger partial charge in [0.2, 0.25) is 5.95 Å². The first-order chi connectivity index (χ1) is 20.3.